The number of nitrogens with zero attached hydrogens (tertiary/aromatic N) is 1. The lowest BCUT2D eigenvalue weighted by atomic mass is 10.2. The highest BCUT2D eigenvalue weighted by atomic mass is 19.4. The van der Waals surface area contributed by atoms with Gasteiger partial charge < -0.3 is 15.2 Å². The van der Waals surface area contributed by atoms with Gasteiger partial charge in [-0.1, -0.05) is 0 Å². The van der Waals surface area contributed by atoms with Gasteiger partial charge in [-0.05, 0) is 6.92 Å². The fraction of sp³-hybridized carbons (Fsp3) is 1.00. The molecule has 1 heterocycles. The Morgan fingerprint density at radius 1 is 1.33 bits per heavy atom. The third-order valence-corrected chi connectivity index (χ3v) is 2.81. The molecular formula is C11H21F3N2O2. The smallest absolute Gasteiger partial charge is 0.390 e. The third-order valence-electron chi connectivity index (χ3n) is 2.81. The van der Waals surface area contributed by atoms with Crippen LogP contribution in [0.1, 0.15) is 13.3 Å². The van der Waals surface area contributed by atoms with Crippen molar-refractivity contribution in [1.29, 1.82) is 0 Å². The number of aliphatic hydroxyl groups excluding tert-OH is 1. The Morgan fingerprint density at radius 3 is 2.50 bits per heavy atom. The van der Waals surface area contributed by atoms with Gasteiger partial charge in [-0.25, -0.2) is 0 Å². The van der Waals surface area contributed by atoms with Crippen LogP contribution in [-0.2, 0) is 4.74 Å². The van der Waals surface area contributed by atoms with Crippen molar-refractivity contribution in [3.63, 3.8) is 0 Å². The maximum absolute atomic E-state index is 12.1. The van der Waals surface area contributed by atoms with Crippen molar-refractivity contribution >= 4 is 0 Å². The number of β-amino-alcohol motifs (C(OH)–C–C–N with tert-alkyl or cyclic N) is 1. The van der Waals surface area contributed by atoms with Crippen molar-refractivity contribution in [1.82, 2.24) is 10.2 Å². The van der Waals surface area contributed by atoms with E-state index < -0.39 is 24.7 Å². The predicted octanol–water partition coefficient (Wildman–Crippen LogP) is 0.610. The normalized spacial score (nSPS) is 21.8. The Bertz CT molecular complexity index is 233. The Hall–Kier alpha value is -0.370. The standard InChI is InChI=1S/C11H21F3N2O2/c1-9(6-11(12,13)14)15-7-10(17)8-16-2-4-18-5-3-16/h9-10,15,17H,2-8H2,1H3. The lowest BCUT2D eigenvalue weighted by Crippen LogP contribution is -2.45. The van der Waals surface area contributed by atoms with Crippen LogP contribution in [0.3, 0.4) is 0 Å². The molecule has 1 fully saturated rings. The van der Waals surface area contributed by atoms with Crippen molar-refractivity contribution in [2.75, 3.05) is 39.4 Å². The van der Waals surface area contributed by atoms with Gasteiger partial charge in [0.1, 0.15) is 0 Å². The van der Waals surface area contributed by atoms with E-state index in [0.717, 1.165) is 13.1 Å². The van der Waals surface area contributed by atoms with Crippen LogP contribution < -0.4 is 5.32 Å². The van der Waals surface area contributed by atoms with Crippen molar-refractivity contribution in [2.45, 2.75) is 31.7 Å². The summed E-state index contributed by atoms with van der Waals surface area (Å²) < 4.78 is 41.4. The van der Waals surface area contributed by atoms with Crippen LogP contribution in [0, 0.1) is 0 Å². The second kappa shape index (κ2) is 7.28. The van der Waals surface area contributed by atoms with E-state index in [1.165, 1.54) is 6.92 Å². The van der Waals surface area contributed by atoms with E-state index in [2.05, 4.69) is 5.32 Å². The van der Waals surface area contributed by atoms with E-state index >= 15 is 0 Å². The first-order chi connectivity index (χ1) is 8.37. The number of aliphatic hydroxyl groups is 1. The van der Waals surface area contributed by atoms with E-state index in [9.17, 15) is 18.3 Å². The molecule has 1 rings (SSSR count). The number of hydrogen-bond acceptors (Lipinski definition) is 4. The highest BCUT2D eigenvalue weighted by Gasteiger charge is 2.30. The molecule has 1 aliphatic heterocycles. The second-order valence-electron chi connectivity index (χ2n) is 4.70. The summed E-state index contributed by atoms with van der Waals surface area (Å²) in [6.45, 7) is 4.91. The second-order valence-corrected chi connectivity index (χ2v) is 4.70. The SMILES string of the molecule is CC(CC(F)(F)F)NCC(O)CN1CCOCC1. The molecular weight excluding hydrogens is 249 g/mol. The highest BCUT2D eigenvalue weighted by Crippen LogP contribution is 2.21. The average Bonchev–Trinajstić information content (AvgIpc) is 2.25. The van der Waals surface area contributed by atoms with E-state index in [0.29, 0.717) is 19.8 Å². The number of alkyl halides is 3. The van der Waals surface area contributed by atoms with Crippen LogP contribution in [0.4, 0.5) is 13.2 Å². The Labute approximate surface area is 105 Å². The molecule has 1 saturated heterocycles. The average molecular weight is 270 g/mol. The molecule has 2 N–H and O–H groups in total. The monoisotopic (exact) mass is 270 g/mol. The van der Waals surface area contributed by atoms with E-state index in [-0.39, 0.29) is 6.54 Å². The first-order valence-electron chi connectivity index (χ1n) is 6.15. The number of nitrogens with one attached hydrogen (secondary N) is 1. The molecule has 1 aliphatic rings. The van der Waals surface area contributed by atoms with Crippen LogP contribution in [0.2, 0.25) is 0 Å². The largest absolute Gasteiger partial charge is 0.390 e. The summed E-state index contributed by atoms with van der Waals surface area (Å²) in [6.07, 6.45) is -5.70. The molecule has 4 nitrogen and oxygen atoms in total. The molecule has 0 aromatic carbocycles. The minimum atomic E-state index is -4.17. The van der Waals surface area contributed by atoms with Crippen LogP contribution in [0.25, 0.3) is 0 Å². The van der Waals surface area contributed by atoms with Gasteiger partial charge in [-0.15, -0.1) is 0 Å². The van der Waals surface area contributed by atoms with Crippen molar-refractivity contribution in [3.8, 4) is 0 Å². The van der Waals surface area contributed by atoms with E-state index in [4.69, 9.17) is 4.74 Å². The van der Waals surface area contributed by atoms with Gasteiger partial charge in [0.2, 0.25) is 0 Å². The van der Waals surface area contributed by atoms with E-state index in [1.54, 1.807) is 0 Å². The molecule has 2 unspecified atom stereocenters. The van der Waals surface area contributed by atoms with Gasteiger partial charge in [0.25, 0.3) is 0 Å². The lowest BCUT2D eigenvalue weighted by molar-refractivity contribution is -0.139. The molecule has 0 aromatic rings. The molecule has 0 aliphatic carbocycles. The van der Waals surface area contributed by atoms with Crippen LogP contribution in [-0.4, -0.2) is 67.7 Å². The summed E-state index contributed by atoms with van der Waals surface area (Å²) in [6, 6.07) is -0.677. The first-order valence-corrected chi connectivity index (χ1v) is 6.15. The quantitative estimate of drug-likeness (QED) is 0.742. The first kappa shape index (κ1) is 15.7. The summed E-state index contributed by atoms with van der Waals surface area (Å²) >= 11 is 0. The number of rotatable bonds is 6. The topological polar surface area (TPSA) is 44.7 Å². The van der Waals surface area contributed by atoms with Gasteiger partial charge in [-0.3, -0.25) is 4.90 Å². The van der Waals surface area contributed by atoms with Gasteiger partial charge in [0.15, 0.2) is 0 Å². The molecule has 0 spiro atoms. The van der Waals surface area contributed by atoms with Crippen LogP contribution in [0.15, 0.2) is 0 Å². The Morgan fingerprint density at radius 2 is 1.94 bits per heavy atom. The fourth-order valence-corrected chi connectivity index (χ4v) is 1.90. The fourth-order valence-electron chi connectivity index (χ4n) is 1.90. The van der Waals surface area contributed by atoms with Crippen molar-refractivity contribution in [3.05, 3.63) is 0 Å². The number of ether oxygens (including phenoxy) is 1. The highest BCUT2D eigenvalue weighted by molar-refractivity contribution is 4.72. The zero-order valence-corrected chi connectivity index (χ0v) is 10.5. The Kier molecular flexibility index (Phi) is 6.34. The molecule has 0 radical (unpaired) electrons. The zero-order chi connectivity index (χ0) is 13.6. The van der Waals surface area contributed by atoms with Gasteiger partial charge >= 0.3 is 6.18 Å². The van der Waals surface area contributed by atoms with Crippen molar-refractivity contribution < 1.29 is 23.0 Å². The summed E-state index contributed by atoms with van der Waals surface area (Å²) in [5.41, 5.74) is 0. The predicted molar refractivity (Wildman–Crippen MR) is 61.4 cm³/mol. The van der Waals surface area contributed by atoms with Gasteiger partial charge in [0, 0.05) is 32.2 Å². The number of hydrogen-bond donors (Lipinski definition) is 2. The molecule has 0 bridgehead atoms. The molecule has 7 heteroatoms. The summed E-state index contributed by atoms with van der Waals surface area (Å²) in [5, 5.41) is 12.4. The summed E-state index contributed by atoms with van der Waals surface area (Å²) in [7, 11) is 0. The van der Waals surface area contributed by atoms with Crippen LogP contribution >= 0.6 is 0 Å². The maximum atomic E-state index is 12.1. The molecule has 18 heavy (non-hydrogen) atoms. The maximum Gasteiger partial charge on any atom is 0.390 e. The number of halogens is 3. The summed E-state index contributed by atoms with van der Waals surface area (Å²) in [4.78, 5) is 2.05. The lowest BCUT2D eigenvalue weighted by Gasteiger charge is -2.29. The minimum Gasteiger partial charge on any atom is -0.390 e. The molecule has 0 saturated carbocycles. The zero-order valence-electron chi connectivity index (χ0n) is 10.5. The molecule has 2 atom stereocenters. The van der Waals surface area contributed by atoms with E-state index in [1.807, 2.05) is 4.90 Å². The van der Waals surface area contributed by atoms with Crippen molar-refractivity contribution in [2.24, 2.45) is 0 Å². The molecule has 0 aromatic heterocycles. The number of morpholine rings is 1. The Balaban J connectivity index is 2.13. The molecule has 108 valence electrons. The third kappa shape index (κ3) is 7.15. The van der Waals surface area contributed by atoms with Gasteiger partial charge in [-0.2, -0.15) is 13.2 Å². The minimum absolute atomic E-state index is 0.175. The van der Waals surface area contributed by atoms with Gasteiger partial charge in [0.05, 0.1) is 25.7 Å². The van der Waals surface area contributed by atoms with Crippen LogP contribution in [0.5, 0.6) is 0 Å². The summed E-state index contributed by atoms with van der Waals surface area (Å²) in [5.74, 6) is 0. The molecule has 0 amide bonds.